The first kappa shape index (κ1) is 16.1. The highest BCUT2D eigenvalue weighted by Crippen LogP contribution is 2.38. The number of aromatic nitrogens is 2. The van der Waals surface area contributed by atoms with Crippen LogP contribution in [0.1, 0.15) is 38.1 Å². The highest BCUT2D eigenvalue weighted by Gasteiger charge is 2.48. The van der Waals surface area contributed by atoms with Crippen molar-refractivity contribution in [1.82, 2.24) is 20.2 Å². The van der Waals surface area contributed by atoms with Crippen molar-refractivity contribution in [3.05, 3.63) is 11.8 Å². The molecule has 2 aliphatic heterocycles. The van der Waals surface area contributed by atoms with E-state index < -0.39 is 34.6 Å². The molecule has 0 spiro atoms. The van der Waals surface area contributed by atoms with E-state index in [1.54, 1.807) is 0 Å². The molecule has 1 aromatic rings. The van der Waals surface area contributed by atoms with Crippen LogP contribution in [0.4, 0.5) is 4.79 Å². The molecule has 2 aliphatic rings. The van der Waals surface area contributed by atoms with E-state index in [0.29, 0.717) is 17.9 Å². The van der Waals surface area contributed by atoms with Crippen molar-refractivity contribution in [3.63, 3.8) is 0 Å². The summed E-state index contributed by atoms with van der Waals surface area (Å²) in [6, 6.07) is -2.39. The summed E-state index contributed by atoms with van der Waals surface area (Å²) in [6.45, 7) is 0.319. The molecule has 2 saturated heterocycles. The normalized spacial score (nSPS) is 26.0. The molecule has 1 unspecified atom stereocenters. The second-order valence-electron chi connectivity index (χ2n) is 5.31. The number of nitrogens with two attached hydrogens (primary N) is 2. The molecular weight excluding hydrogens is 332 g/mol. The van der Waals surface area contributed by atoms with Crippen molar-refractivity contribution in [3.8, 4) is 0 Å². The number of piperidine rings is 1. The SMILES string of the molecule is NCC(N)c1nnc([C@@H]2CC[C@@H]3CN2C(=O)N3OS(=O)(=O)[O-])o1.[H+]. The Hall–Kier alpha value is -1.80. The number of carbonyl (C=O) groups excluding carboxylic acids is 1. The molecule has 0 aromatic carbocycles. The van der Waals surface area contributed by atoms with Crippen molar-refractivity contribution in [2.45, 2.75) is 31.0 Å². The Morgan fingerprint density at radius 2 is 2.22 bits per heavy atom. The molecule has 128 valence electrons. The Labute approximate surface area is 132 Å². The quantitative estimate of drug-likeness (QED) is 0.468. The predicted octanol–water partition coefficient (Wildman–Crippen LogP) is -1.53. The number of nitrogens with zero attached hydrogens (tertiary/aromatic N) is 4. The lowest BCUT2D eigenvalue weighted by molar-refractivity contribution is -0.0328. The Bertz CT molecular complexity index is 712. The van der Waals surface area contributed by atoms with Gasteiger partial charge in [0.15, 0.2) is 0 Å². The van der Waals surface area contributed by atoms with Gasteiger partial charge in [0.25, 0.3) is 0 Å². The molecule has 0 aliphatic carbocycles. The van der Waals surface area contributed by atoms with Crippen LogP contribution >= 0.6 is 0 Å². The first-order valence-electron chi connectivity index (χ1n) is 6.84. The van der Waals surface area contributed by atoms with Crippen molar-refractivity contribution in [1.29, 1.82) is 0 Å². The fraction of sp³-hybridized carbons (Fsp3) is 0.700. The molecule has 12 nitrogen and oxygen atoms in total. The molecule has 0 saturated carbocycles. The highest BCUT2D eigenvalue weighted by atomic mass is 32.3. The van der Waals surface area contributed by atoms with Crippen LogP contribution in [0, 0.1) is 0 Å². The van der Waals surface area contributed by atoms with Crippen LogP contribution in [0.2, 0.25) is 0 Å². The van der Waals surface area contributed by atoms with Gasteiger partial charge in [-0.25, -0.2) is 13.2 Å². The fourth-order valence-corrected chi connectivity index (χ4v) is 3.10. The van der Waals surface area contributed by atoms with Crippen molar-refractivity contribution < 1.29 is 27.9 Å². The van der Waals surface area contributed by atoms with Crippen LogP contribution in [-0.2, 0) is 14.7 Å². The van der Waals surface area contributed by atoms with Crippen LogP contribution in [0.5, 0.6) is 0 Å². The molecule has 3 rings (SSSR count). The molecule has 0 radical (unpaired) electrons. The van der Waals surface area contributed by atoms with Gasteiger partial charge in [0.05, 0.1) is 12.1 Å². The lowest BCUT2D eigenvalue weighted by atomic mass is 10.0. The molecule has 13 heteroatoms. The van der Waals surface area contributed by atoms with Gasteiger partial charge < -0.3 is 25.3 Å². The highest BCUT2D eigenvalue weighted by molar-refractivity contribution is 7.80. The Kier molecular flexibility index (Phi) is 3.97. The van der Waals surface area contributed by atoms with E-state index in [9.17, 15) is 17.8 Å². The molecular formula is C10H16N6O6S. The Morgan fingerprint density at radius 3 is 2.87 bits per heavy atom. The number of urea groups is 1. The maximum atomic E-state index is 12.2. The minimum Gasteiger partial charge on any atom is -0.724 e. The van der Waals surface area contributed by atoms with E-state index in [1.165, 1.54) is 4.90 Å². The lowest BCUT2D eigenvalue weighted by Gasteiger charge is -2.27. The third kappa shape index (κ3) is 3.00. The first-order chi connectivity index (χ1) is 10.8. The molecule has 2 fully saturated rings. The number of amides is 2. The van der Waals surface area contributed by atoms with Gasteiger partial charge >= 0.3 is 7.46 Å². The number of hydrogen-bond donors (Lipinski definition) is 2. The van der Waals surface area contributed by atoms with E-state index in [0.717, 1.165) is 0 Å². The summed E-state index contributed by atoms with van der Waals surface area (Å²) >= 11 is 0. The summed E-state index contributed by atoms with van der Waals surface area (Å²) in [4.78, 5) is 13.6. The van der Waals surface area contributed by atoms with Crippen molar-refractivity contribution in [2.24, 2.45) is 11.5 Å². The summed E-state index contributed by atoms with van der Waals surface area (Å²) in [5, 5.41) is 8.26. The Balaban J connectivity index is 0.00000208. The van der Waals surface area contributed by atoms with Gasteiger partial charge in [-0.2, -0.15) is 9.35 Å². The van der Waals surface area contributed by atoms with E-state index in [-0.39, 0.29) is 26.3 Å². The maximum Gasteiger partial charge on any atom is 1.00 e. The predicted molar refractivity (Wildman–Crippen MR) is 71.9 cm³/mol. The largest absolute Gasteiger partial charge is 1.00 e. The van der Waals surface area contributed by atoms with Crippen LogP contribution in [0.15, 0.2) is 4.42 Å². The zero-order valence-corrected chi connectivity index (χ0v) is 12.7. The number of rotatable bonds is 5. The topological polar surface area (TPSA) is 181 Å². The van der Waals surface area contributed by atoms with Crippen molar-refractivity contribution >= 4 is 16.4 Å². The zero-order chi connectivity index (χ0) is 16.8. The standard InChI is InChI=1S/C10H16N6O6S/c11-3-6(12)8-13-14-9(21-8)7-2-1-5-4-15(7)10(17)16(5)22-23(18,19)20/h5-7H,1-4,11-12H2,(H,18,19,20)/t5-,6?,7+/m1/s1. The average Bonchev–Trinajstić information content (AvgIpc) is 3.06. The molecule has 3 atom stereocenters. The lowest BCUT2D eigenvalue weighted by Crippen LogP contribution is -2.35. The van der Waals surface area contributed by atoms with Gasteiger partial charge in [-0.3, -0.25) is 0 Å². The third-order valence-electron chi connectivity index (χ3n) is 3.81. The van der Waals surface area contributed by atoms with E-state index >= 15 is 0 Å². The van der Waals surface area contributed by atoms with Crippen LogP contribution < -0.4 is 11.5 Å². The van der Waals surface area contributed by atoms with Crippen LogP contribution in [-0.4, -0.2) is 58.3 Å². The molecule has 2 bridgehead atoms. The van der Waals surface area contributed by atoms with Crippen molar-refractivity contribution in [2.75, 3.05) is 13.1 Å². The monoisotopic (exact) mass is 348 g/mol. The van der Waals surface area contributed by atoms with Gasteiger partial charge in [0.1, 0.15) is 6.04 Å². The van der Waals surface area contributed by atoms with E-state index in [4.69, 9.17) is 15.9 Å². The van der Waals surface area contributed by atoms with Gasteiger partial charge in [0, 0.05) is 13.1 Å². The fourth-order valence-electron chi connectivity index (χ4n) is 2.72. The van der Waals surface area contributed by atoms with Gasteiger partial charge in [-0.1, -0.05) is 0 Å². The van der Waals surface area contributed by atoms with E-state index in [1.807, 2.05) is 0 Å². The van der Waals surface area contributed by atoms with Crippen LogP contribution in [0.3, 0.4) is 0 Å². The van der Waals surface area contributed by atoms with Gasteiger partial charge in [-0.05, 0) is 12.8 Å². The van der Waals surface area contributed by atoms with Crippen LogP contribution in [0.25, 0.3) is 0 Å². The zero-order valence-electron chi connectivity index (χ0n) is 12.9. The minimum absolute atomic E-state index is 0. The average molecular weight is 348 g/mol. The first-order valence-corrected chi connectivity index (χ1v) is 8.17. The van der Waals surface area contributed by atoms with Gasteiger partial charge in [0.2, 0.25) is 22.2 Å². The summed E-state index contributed by atoms with van der Waals surface area (Å²) in [6.07, 6.45) is 0.873. The molecule has 23 heavy (non-hydrogen) atoms. The number of hydroxylamine groups is 2. The smallest absolute Gasteiger partial charge is 0.724 e. The molecule has 2 amide bonds. The summed E-state index contributed by atoms with van der Waals surface area (Å²) in [7, 11) is -5.03. The number of fused-ring (bicyclic) bond motifs is 2. The van der Waals surface area contributed by atoms with E-state index in [2.05, 4.69) is 14.5 Å². The number of carbonyl (C=O) groups is 1. The molecule has 1 aromatic heterocycles. The second kappa shape index (κ2) is 5.68. The maximum absolute atomic E-state index is 12.2. The third-order valence-corrected chi connectivity index (χ3v) is 4.15. The summed E-state index contributed by atoms with van der Waals surface area (Å²) < 4.78 is 41.9. The second-order valence-corrected chi connectivity index (χ2v) is 6.28. The summed E-state index contributed by atoms with van der Waals surface area (Å²) in [5.74, 6) is 0.342. The minimum atomic E-state index is -5.03. The number of hydrogen-bond acceptors (Lipinski definition) is 10. The molecule has 4 N–H and O–H groups in total. The molecule has 3 heterocycles. The van der Waals surface area contributed by atoms with Gasteiger partial charge in [-0.15, -0.1) is 10.2 Å². The summed E-state index contributed by atoms with van der Waals surface area (Å²) in [5.41, 5.74) is 11.1. The Morgan fingerprint density at radius 1 is 1.48 bits per heavy atom.